The van der Waals surface area contributed by atoms with E-state index in [1.165, 1.54) is 31.2 Å². The molecule has 2 heterocycles. The molecular weight excluding hydrogens is 332 g/mol. The summed E-state index contributed by atoms with van der Waals surface area (Å²) in [6.07, 6.45) is 5.15. The van der Waals surface area contributed by atoms with Crippen molar-refractivity contribution in [3.05, 3.63) is 22.2 Å². The van der Waals surface area contributed by atoms with Gasteiger partial charge in [0.15, 0.2) is 11.5 Å². The SMILES string of the molecule is CC1CCCCCN1C(CN)c1cc(Br)c2c(c1)OCO2. The van der Waals surface area contributed by atoms with Crippen LogP contribution in [0.1, 0.15) is 44.2 Å². The van der Waals surface area contributed by atoms with Crippen LogP contribution in [0.4, 0.5) is 0 Å². The standard InChI is InChI=1S/C16H23BrN2O2/c1-11-5-3-2-4-6-19(11)14(9-18)12-7-13(17)16-15(8-12)20-10-21-16/h7-8,11,14H,2-6,9-10,18H2,1H3. The van der Waals surface area contributed by atoms with Gasteiger partial charge in [0.2, 0.25) is 6.79 Å². The first-order valence-corrected chi connectivity index (χ1v) is 8.55. The summed E-state index contributed by atoms with van der Waals surface area (Å²) in [4.78, 5) is 2.55. The number of halogens is 1. The molecule has 1 fully saturated rings. The highest BCUT2D eigenvalue weighted by Gasteiger charge is 2.28. The third-order valence-corrected chi connectivity index (χ3v) is 5.15. The second-order valence-electron chi connectivity index (χ2n) is 5.92. The van der Waals surface area contributed by atoms with Gasteiger partial charge in [-0.2, -0.15) is 0 Å². The molecule has 4 nitrogen and oxygen atoms in total. The molecule has 2 N–H and O–H groups in total. The van der Waals surface area contributed by atoms with Crippen LogP contribution < -0.4 is 15.2 Å². The summed E-state index contributed by atoms with van der Waals surface area (Å²) in [5.41, 5.74) is 7.33. The highest BCUT2D eigenvalue weighted by atomic mass is 79.9. The maximum absolute atomic E-state index is 6.12. The van der Waals surface area contributed by atoms with Crippen molar-refractivity contribution in [1.29, 1.82) is 0 Å². The molecule has 0 spiro atoms. The second kappa shape index (κ2) is 6.55. The van der Waals surface area contributed by atoms with Gasteiger partial charge in [-0.1, -0.05) is 12.8 Å². The molecule has 3 rings (SSSR count). The van der Waals surface area contributed by atoms with Crippen molar-refractivity contribution in [2.45, 2.75) is 44.7 Å². The Balaban J connectivity index is 1.90. The van der Waals surface area contributed by atoms with Crippen LogP contribution in [0.25, 0.3) is 0 Å². The van der Waals surface area contributed by atoms with Crippen LogP contribution in [0, 0.1) is 0 Å². The molecule has 2 aliphatic rings. The number of likely N-dealkylation sites (tertiary alicyclic amines) is 1. The van der Waals surface area contributed by atoms with Crippen LogP contribution in [0.3, 0.4) is 0 Å². The molecule has 2 unspecified atom stereocenters. The number of hydrogen-bond acceptors (Lipinski definition) is 4. The summed E-state index contributed by atoms with van der Waals surface area (Å²) in [5, 5.41) is 0. The minimum absolute atomic E-state index is 0.240. The van der Waals surface area contributed by atoms with Gasteiger partial charge >= 0.3 is 0 Å². The molecular formula is C16H23BrN2O2. The second-order valence-corrected chi connectivity index (χ2v) is 6.78. The van der Waals surface area contributed by atoms with Crippen LogP contribution in [0.15, 0.2) is 16.6 Å². The van der Waals surface area contributed by atoms with Crippen molar-refractivity contribution in [3.8, 4) is 11.5 Å². The molecule has 0 saturated carbocycles. The predicted octanol–water partition coefficient (Wildman–Crippen LogP) is 3.44. The van der Waals surface area contributed by atoms with E-state index in [0.29, 0.717) is 19.4 Å². The fourth-order valence-corrected chi connectivity index (χ4v) is 3.98. The zero-order chi connectivity index (χ0) is 14.8. The molecule has 1 saturated heterocycles. The van der Waals surface area contributed by atoms with E-state index in [-0.39, 0.29) is 6.04 Å². The fourth-order valence-electron chi connectivity index (χ4n) is 3.40. The Labute approximate surface area is 134 Å². The van der Waals surface area contributed by atoms with Crippen LogP contribution in [0.2, 0.25) is 0 Å². The van der Waals surface area contributed by atoms with E-state index >= 15 is 0 Å². The minimum Gasteiger partial charge on any atom is -0.454 e. The molecule has 2 atom stereocenters. The predicted molar refractivity (Wildman–Crippen MR) is 86.7 cm³/mol. The lowest BCUT2D eigenvalue weighted by atomic mass is 10.0. The first-order chi connectivity index (χ1) is 10.2. The molecule has 0 radical (unpaired) electrons. The zero-order valence-corrected chi connectivity index (χ0v) is 14.1. The largest absolute Gasteiger partial charge is 0.454 e. The fraction of sp³-hybridized carbons (Fsp3) is 0.625. The molecule has 0 bridgehead atoms. The molecule has 21 heavy (non-hydrogen) atoms. The van der Waals surface area contributed by atoms with E-state index in [2.05, 4.69) is 39.9 Å². The smallest absolute Gasteiger partial charge is 0.231 e. The Hall–Kier alpha value is -0.780. The number of nitrogens with zero attached hydrogens (tertiary/aromatic N) is 1. The highest BCUT2D eigenvalue weighted by Crippen LogP contribution is 2.42. The number of ether oxygens (including phenoxy) is 2. The summed E-state index contributed by atoms with van der Waals surface area (Å²) in [7, 11) is 0. The molecule has 0 amide bonds. The Morgan fingerprint density at radius 1 is 1.33 bits per heavy atom. The quantitative estimate of drug-likeness (QED) is 0.902. The Morgan fingerprint density at radius 2 is 2.19 bits per heavy atom. The molecule has 1 aromatic carbocycles. The maximum Gasteiger partial charge on any atom is 0.231 e. The number of benzene rings is 1. The molecule has 2 aliphatic heterocycles. The lowest BCUT2D eigenvalue weighted by Gasteiger charge is -2.35. The van der Waals surface area contributed by atoms with Crippen molar-refractivity contribution in [2.75, 3.05) is 19.9 Å². The number of rotatable bonds is 3. The third-order valence-electron chi connectivity index (χ3n) is 4.56. The van der Waals surface area contributed by atoms with Gasteiger partial charge in [-0.15, -0.1) is 0 Å². The number of fused-ring (bicyclic) bond motifs is 1. The Kier molecular flexibility index (Phi) is 4.72. The van der Waals surface area contributed by atoms with Gasteiger partial charge in [-0.3, -0.25) is 4.90 Å². The van der Waals surface area contributed by atoms with Crippen molar-refractivity contribution in [3.63, 3.8) is 0 Å². The van der Waals surface area contributed by atoms with E-state index < -0.39 is 0 Å². The van der Waals surface area contributed by atoms with Gasteiger partial charge in [0.05, 0.1) is 4.47 Å². The van der Waals surface area contributed by atoms with E-state index in [1.807, 2.05) is 0 Å². The topological polar surface area (TPSA) is 47.7 Å². The Morgan fingerprint density at radius 3 is 3.00 bits per heavy atom. The van der Waals surface area contributed by atoms with Crippen LogP contribution in [-0.2, 0) is 0 Å². The normalized spacial score (nSPS) is 23.9. The highest BCUT2D eigenvalue weighted by molar-refractivity contribution is 9.10. The zero-order valence-electron chi connectivity index (χ0n) is 12.5. The van der Waals surface area contributed by atoms with Gasteiger partial charge < -0.3 is 15.2 Å². The lowest BCUT2D eigenvalue weighted by Crippen LogP contribution is -2.39. The first-order valence-electron chi connectivity index (χ1n) is 7.75. The van der Waals surface area contributed by atoms with E-state index in [9.17, 15) is 0 Å². The summed E-state index contributed by atoms with van der Waals surface area (Å²) >= 11 is 3.59. The number of hydrogen-bond donors (Lipinski definition) is 1. The average molecular weight is 355 g/mol. The van der Waals surface area contributed by atoms with Crippen LogP contribution in [-0.4, -0.2) is 30.8 Å². The maximum atomic E-state index is 6.12. The molecule has 116 valence electrons. The first kappa shape index (κ1) is 15.1. The summed E-state index contributed by atoms with van der Waals surface area (Å²) in [6.45, 7) is 4.35. The van der Waals surface area contributed by atoms with Crippen LogP contribution in [0.5, 0.6) is 11.5 Å². The summed E-state index contributed by atoms with van der Waals surface area (Å²) in [5.74, 6) is 1.62. The van der Waals surface area contributed by atoms with E-state index in [4.69, 9.17) is 15.2 Å². The van der Waals surface area contributed by atoms with Crippen molar-refractivity contribution >= 4 is 15.9 Å². The third kappa shape index (κ3) is 3.05. The van der Waals surface area contributed by atoms with Crippen molar-refractivity contribution in [1.82, 2.24) is 4.90 Å². The lowest BCUT2D eigenvalue weighted by molar-refractivity contribution is 0.150. The summed E-state index contributed by atoms with van der Waals surface area (Å²) in [6, 6.07) is 5.03. The molecule has 5 heteroatoms. The van der Waals surface area contributed by atoms with E-state index in [1.54, 1.807) is 0 Å². The van der Waals surface area contributed by atoms with Crippen molar-refractivity contribution < 1.29 is 9.47 Å². The van der Waals surface area contributed by atoms with Gasteiger partial charge in [-0.25, -0.2) is 0 Å². The monoisotopic (exact) mass is 354 g/mol. The van der Waals surface area contributed by atoms with Gasteiger partial charge in [0, 0.05) is 18.6 Å². The van der Waals surface area contributed by atoms with Gasteiger partial charge in [-0.05, 0) is 59.9 Å². The number of nitrogens with two attached hydrogens (primary N) is 1. The van der Waals surface area contributed by atoms with Gasteiger partial charge in [0.1, 0.15) is 0 Å². The van der Waals surface area contributed by atoms with E-state index in [0.717, 1.165) is 22.5 Å². The molecule has 0 aromatic heterocycles. The Bertz CT molecular complexity index is 509. The van der Waals surface area contributed by atoms with Gasteiger partial charge in [0.25, 0.3) is 0 Å². The summed E-state index contributed by atoms with van der Waals surface area (Å²) < 4.78 is 12.0. The average Bonchev–Trinajstić information content (AvgIpc) is 2.85. The molecule has 0 aliphatic carbocycles. The van der Waals surface area contributed by atoms with Crippen molar-refractivity contribution in [2.24, 2.45) is 5.73 Å². The molecule has 1 aromatic rings. The van der Waals surface area contributed by atoms with Crippen LogP contribution >= 0.6 is 15.9 Å². The minimum atomic E-state index is 0.240.